The molecule has 1 atom stereocenters. The average Bonchev–Trinajstić information content (AvgIpc) is 3.04. The molecular weight excluding hydrogens is 280 g/mol. The van der Waals surface area contributed by atoms with Gasteiger partial charge < -0.3 is 15.2 Å². The first-order valence-electron chi connectivity index (χ1n) is 7.24. The van der Waals surface area contributed by atoms with Gasteiger partial charge in [0, 0.05) is 26.1 Å². The average molecular weight is 298 g/mol. The summed E-state index contributed by atoms with van der Waals surface area (Å²) >= 11 is 0. The van der Waals surface area contributed by atoms with Gasteiger partial charge in [-0.3, -0.25) is 9.59 Å². The zero-order valence-electron chi connectivity index (χ0n) is 12.4. The molecule has 0 saturated heterocycles. The summed E-state index contributed by atoms with van der Waals surface area (Å²) in [6.07, 6.45) is 3.78. The Kier molecular flexibility index (Phi) is 3.91. The molecular formula is C16H18N4O2. The smallest absolute Gasteiger partial charge is 0.243 e. The molecule has 0 spiro atoms. The fraction of sp³-hybridized carbons (Fsp3) is 0.312. The number of carbonyl (C=O) groups excluding carboxylic acids is 2. The second-order valence-electron chi connectivity index (χ2n) is 5.43. The monoisotopic (exact) mass is 298 g/mol. The number of hydrogen-bond donors (Lipinski definition) is 2. The van der Waals surface area contributed by atoms with E-state index in [9.17, 15) is 9.59 Å². The SMILES string of the molecule is CC(=O)N1Cc2ccccc2CC1C(=O)NCc1cnc[nH]1. The summed E-state index contributed by atoms with van der Waals surface area (Å²) in [4.78, 5) is 32.8. The number of carbonyl (C=O) groups is 2. The number of benzene rings is 1. The number of aromatic amines is 1. The van der Waals surface area contributed by atoms with Crippen LogP contribution in [0.2, 0.25) is 0 Å². The number of nitrogens with zero attached hydrogens (tertiary/aromatic N) is 2. The highest BCUT2D eigenvalue weighted by atomic mass is 16.2. The van der Waals surface area contributed by atoms with E-state index in [0.29, 0.717) is 19.5 Å². The van der Waals surface area contributed by atoms with Crippen molar-refractivity contribution < 1.29 is 9.59 Å². The molecule has 0 bridgehead atoms. The molecule has 2 heterocycles. The molecule has 1 aromatic carbocycles. The Morgan fingerprint density at radius 1 is 1.36 bits per heavy atom. The Labute approximate surface area is 128 Å². The molecule has 2 amide bonds. The minimum Gasteiger partial charge on any atom is -0.349 e. The number of amides is 2. The van der Waals surface area contributed by atoms with Crippen LogP contribution < -0.4 is 5.32 Å². The predicted octanol–water partition coefficient (Wildman–Crippen LogP) is 0.999. The molecule has 6 heteroatoms. The molecule has 22 heavy (non-hydrogen) atoms. The number of hydrogen-bond acceptors (Lipinski definition) is 3. The Balaban J connectivity index is 1.75. The fourth-order valence-corrected chi connectivity index (χ4v) is 2.77. The largest absolute Gasteiger partial charge is 0.349 e. The highest BCUT2D eigenvalue weighted by Crippen LogP contribution is 2.23. The van der Waals surface area contributed by atoms with Crippen LogP contribution in [0, 0.1) is 0 Å². The second-order valence-corrected chi connectivity index (χ2v) is 5.43. The Hall–Kier alpha value is -2.63. The Morgan fingerprint density at radius 3 is 2.82 bits per heavy atom. The van der Waals surface area contributed by atoms with E-state index in [2.05, 4.69) is 15.3 Å². The summed E-state index contributed by atoms with van der Waals surface area (Å²) in [6, 6.07) is 7.47. The van der Waals surface area contributed by atoms with E-state index in [-0.39, 0.29) is 11.8 Å². The van der Waals surface area contributed by atoms with E-state index in [0.717, 1.165) is 16.8 Å². The standard InChI is InChI=1S/C16H18N4O2/c1-11(21)20-9-13-5-3-2-4-12(13)6-15(20)16(22)18-8-14-7-17-10-19-14/h2-5,7,10,15H,6,8-9H2,1H3,(H,17,19)(H,18,22). The number of H-pyrrole nitrogens is 1. The van der Waals surface area contributed by atoms with Gasteiger partial charge in [0.25, 0.3) is 0 Å². The van der Waals surface area contributed by atoms with Crippen LogP contribution in [0.4, 0.5) is 0 Å². The summed E-state index contributed by atoms with van der Waals surface area (Å²) in [7, 11) is 0. The van der Waals surface area contributed by atoms with Crippen molar-refractivity contribution in [3.63, 3.8) is 0 Å². The van der Waals surface area contributed by atoms with E-state index < -0.39 is 6.04 Å². The van der Waals surface area contributed by atoms with Crippen LogP contribution in [0.25, 0.3) is 0 Å². The summed E-state index contributed by atoms with van der Waals surface area (Å²) in [5, 5.41) is 2.87. The van der Waals surface area contributed by atoms with E-state index in [1.54, 1.807) is 17.4 Å². The van der Waals surface area contributed by atoms with E-state index >= 15 is 0 Å². The molecule has 0 radical (unpaired) electrons. The highest BCUT2D eigenvalue weighted by Gasteiger charge is 2.32. The van der Waals surface area contributed by atoms with Gasteiger partial charge in [-0.1, -0.05) is 24.3 Å². The lowest BCUT2D eigenvalue weighted by Gasteiger charge is -2.35. The summed E-state index contributed by atoms with van der Waals surface area (Å²) in [5.74, 6) is -0.226. The van der Waals surface area contributed by atoms with Crippen molar-refractivity contribution >= 4 is 11.8 Å². The van der Waals surface area contributed by atoms with E-state index in [1.165, 1.54) is 6.92 Å². The maximum Gasteiger partial charge on any atom is 0.243 e. The van der Waals surface area contributed by atoms with Crippen LogP contribution in [0.1, 0.15) is 23.7 Å². The highest BCUT2D eigenvalue weighted by molar-refractivity contribution is 5.87. The minimum atomic E-state index is -0.463. The first-order valence-corrected chi connectivity index (χ1v) is 7.24. The van der Waals surface area contributed by atoms with Crippen molar-refractivity contribution in [3.8, 4) is 0 Å². The third-order valence-corrected chi connectivity index (χ3v) is 3.96. The molecule has 1 aliphatic heterocycles. The lowest BCUT2D eigenvalue weighted by Crippen LogP contribution is -2.51. The molecule has 1 aromatic heterocycles. The van der Waals surface area contributed by atoms with E-state index in [4.69, 9.17) is 0 Å². The lowest BCUT2D eigenvalue weighted by molar-refractivity contribution is -0.140. The zero-order valence-corrected chi connectivity index (χ0v) is 12.4. The third kappa shape index (κ3) is 2.86. The summed E-state index contributed by atoms with van der Waals surface area (Å²) in [5.41, 5.74) is 3.07. The van der Waals surface area contributed by atoms with Crippen molar-refractivity contribution in [2.45, 2.75) is 32.5 Å². The molecule has 3 rings (SSSR count). The van der Waals surface area contributed by atoms with Crippen molar-refractivity contribution in [1.29, 1.82) is 0 Å². The normalized spacial score (nSPS) is 17.0. The predicted molar refractivity (Wildman–Crippen MR) is 80.6 cm³/mol. The van der Waals surface area contributed by atoms with Gasteiger partial charge in [-0.15, -0.1) is 0 Å². The topological polar surface area (TPSA) is 78.1 Å². The number of rotatable bonds is 3. The van der Waals surface area contributed by atoms with Crippen LogP contribution in [-0.4, -0.2) is 32.7 Å². The van der Waals surface area contributed by atoms with Crippen LogP contribution in [0.15, 0.2) is 36.8 Å². The van der Waals surface area contributed by atoms with E-state index in [1.807, 2.05) is 24.3 Å². The maximum atomic E-state index is 12.5. The molecule has 6 nitrogen and oxygen atoms in total. The lowest BCUT2D eigenvalue weighted by atomic mass is 9.93. The van der Waals surface area contributed by atoms with Gasteiger partial charge in [0.05, 0.1) is 18.6 Å². The molecule has 2 aromatic rings. The molecule has 0 fully saturated rings. The number of imidazole rings is 1. The third-order valence-electron chi connectivity index (χ3n) is 3.96. The molecule has 2 N–H and O–H groups in total. The summed E-state index contributed by atoms with van der Waals surface area (Å²) in [6.45, 7) is 2.36. The molecule has 0 saturated carbocycles. The van der Waals surface area contributed by atoms with Gasteiger partial charge in [-0.2, -0.15) is 0 Å². The Bertz CT molecular complexity index is 681. The molecule has 0 aliphatic carbocycles. The van der Waals surface area contributed by atoms with Crippen LogP contribution in [0.3, 0.4) is 0 Å². The van der Waals surface area contributed by atoms with Crippen LogP contribution in [-0.2, 0) is 29.1 Å². The first-order chi connectivity index (χ1) is 10.6. The van der Waals surface area contributed by atoms with Gasteiger partial charge in [-0.05, 0) is 11.1 Å². The maximum absolute atomic E-state index is 12.5. The number of nitrogens with one attached hydrogen (secondary N) is 2. The second kappa shape index (κ2) is 6.01. The van der Waals surface area contributed by atoms with Crippen LogP contribution in [0.5, 0.6) is 0 Å². The summed E-state index contributed by atoms with van der Waals surface area (Å²) < 4.78 is 0. The van der Waals surface area contributed by atoms with Crippen molar-refractivity contribution in [2.24, 2.45) is 0 Å². The minimum absolute atomic E-state index is 0.0869. The van der Waals surface area contributed by atoms with Crippen molar-refractivity contribution in [1.82, 2.24) is 20.2 Å². The fourth-order valence-electron chi connectivity index (χ4n) is 2.77. The number of fused-ring (bicyclic) bond motifs is 1. The molecule has 1 unspecified atom stereocenters. The number of aromatic nitrogens is 2. The van der Waals surface area contributed by atoms with Crippen molar-refractivity contribution in [3.05, 3.63) is 53.6 Å². The van der Waals surface area contributed by atoms with Gasteiger partial charge in [0.1, 0.15) is 6.04 Å². The zero-order chi connectivity index (χ0) is 15.5. The van der Waals surface area contributed by atoms with Crippen molar-refractivity contribution in [2.75, 3.05) is 0 Å². The van der Waals surface area contributed by atoms with Gasteiger partial charge in [0.2, 0.25) is 11.8 Å². The van der Waals surface area contributed by atoms with Gasteiger partial charge in [0.15, 0.2) is 0 Å². The molecule has 1 aliphatic rings. The van der Waals surface area contributed by atoms with Crippen LogP contribution >= 0.6 is 0 Å². The first kappa shape index (κ1) is 14.3. The quantitative estimate of drug-likeness (QED) is 0.887. The molecule has 114 valence electrons. The van der Waals surface area contributed by atoms with Gasteiger partial charge in [-0.25, -0.2) is 4.98 Å². The Morgan fingerprint density at radius 2 is 2.14 bits per heavy atom. The van der Waals surface area contributed by atoms with Gasteiger partial charge >= 0.3 is 0 Å².